The molecule has 0 aromatic heterocycles. The zero-order valence-corrected chi connectivity index (χ0v) is 6.91. The van der Waals surface area contributed by atoms with Crippen molar-refractivity contribution in [3.63, 3.8) is 0 Å². The largest absolute Gasteiger partial charge is 0.464 e. The van der Waals surface area contributed by atoms with Crippen molar-refractivity contribution < 1.29 is 9.53 Å². The Hall–Kier alpha value is -1.55. The second kappa shape index (κ2) is 6.18. The molecule has 1 atom stereocenters. The van der Waals surface area contributed by atoms with Gasteiger partial charge in [-0.05, 0) is 6.42 Å². The van der Waals surface area contributed by atoms with Crippen molar-refractivity contribution in [3.05, 3.63) is 0 Å². The fourth-order valence-electron chi connectivity index (χ4n) is 0.609. The maximum atomic E-state index is 10.9. The van der Waals surface area contributed by atoms with Crippen LogP contribution in [-0.2, 0) is 9.53 Å². The Bertz CT molecular complexity index is 224. The Morgan fingerprint density at radius 1 is 1.58 bits per heavy atom. The maximum absolute atomic E-state index is 10.9. The second-order valence-corrected chi connectivity index (χ2v) is 2.17. The third-order valence-corrected chi connectivity index (χ3v) is 1.31. The van der Waals surface area contributed by atoms with E-state index in [4.69, 9.17) is 10.5 Å². The standard InChI is InChI=1S/C8H10N2O2/c1-2-7(6-10)8(11)12-5-3-4-9/h7H,2-3,5H2,1H3. The van der Waals surface area contributed by atoms with Gasteiger partial charge in [-0.3, -0.25) is 4.79 Å². The Morgan fingerprint density at radius 3 is 2.67 bits per heavy atom. The van der Waals surface area contributed by atoms with Crippen LogP contribution in [0.25, 0.3) is 0 Å². The van der Waals surface area contributed by atoms with Crippen LogP contribution in [0, 0.1) is 28.6 Å². The SMILES string of the molecule is CCC(C#N)C(=O)OCCC#N. The Balaban J connectivity index is 3.73. The molecule has 64 valence electrons. The first-order valence-electron chi connectivity index (χ1n) is 3.69. The van der Waals surface area contributed by atoms with Crippen molar-refractivity contribution >= 4 is 5.97 Å². The summed E-state index contributed by atoms with van der Waals surface area (Å²) in [6.45, 7) is 1.81. The molecule has 0 radical (unpaired) electrons. The van der Waals surface area contributed by atoms with Crippen LogP contribution >= 0.6 is 0 Å². The van der Waals surface area contributed by atoms with Gasteiger partial charge < -0.3 is 4.74 Å². The van der Waals surface area contributed by atoms with Gasteiger partial charge in [0.15, 0.2) is 0 Å². The number of nitriles is 2. The smallest absolute Gasteiger partial charge is 0.323 e. The lowest BCUT2D eigenvalue weighted by atomic mass is 10.1. The van der Waals surface area contributed by atoms with E-state index in [1.54, 1.807) is 6.92 Å². The van der Waals surface area contributed by atoms with E-state index in [2.05, 4.69) is 4.74 Å². The molecule has 12 heavy (non-hydrogen) atoms. The van der Waals surface area contributed by atoms with E-state index in [-0.39, 0.29) is 13.0 Å². The monoisotopic (exact) mass is 166 g/mol. The molecule has 1 unspecified atom stereocenters. The molecule has 0 amide bonds. The lowest BCUT2D eigenvalue weighted by molar-refractivity contribution is -0.146. The van der Waals surface area contributed by atoms with E-state index in [9.17, 15) is 4.79 Å². The quantitative estimate of drug-likeness (QED) is 0.461. The number of hydrogen-bond donors (Lipinski definition) is 0. The van der Waals surface area contributed by atoms with E-state index in [1.807, 2.05) is 12.1 Å². The van der Waals surface area contributed by atoms with Gasteiger partial charge in [0.25, 0.3) is 0 Å². The van der Waals surface area contributed by atoms with Crippen LogP contribution in [0.2, 0.25) is 0 Å². The average Bonchev–Trinajstić information content (AvgIpc) is 2.07. The van der Waals surface area contributed by atoms with E-state index in [0.717, 1.165) is 0 Å². The molecule has 0 rings (SSSR count). The molecule has 0 heterocycles. The van der Waals surface area contributed by atoms with Crippen molar-refractivity contribution in [2.75, 3.05) is 6.61 Å². The highest BCUT2D eigenvalue weighted by Gasteiger charge is 2.16. The van der Waals surface area contributed by atoms with Gasteiger partial charge in [-0.15, -0.1) is 0 Å². The molecule has 0 saturated carbocycles. The highest BCUT2D eigenvalue weighted by Crippen LogP contribution is 2.03. The number of carbonyl (C=O) groups is 1. The Morgan fingerprint density at radius 2 is 2.25 bits per heavy atom. The molecule has 0 aliphatic carbocycles. The van der Waals surface area contributed by atoms with Crippen LogP contribution in [0.3, 0.4) is 0 Å². The molecule has 0 fully saturated rings. The van der Waals surface area contributed by atoms with Crippen LogP contribution in [0.15, 0.2) is 0 Å². The fourth-order valence-corrected chi connectivity index (χ4v) is 0.609. The minimum Gasteiger partial charge on any atom is -0.464 e. The van der Waals surface area contributed by atoms with Crippen molar-refractivity contribution in [1.29, 1.82) is 10.5 Å². The van der Waals surface area contributed by atoms with Gasteiger partial charge in [0, 0.05) is 0 Å². The highest BCUT2D eigenvalue weighted by atomic mass is 16.5. The summed E-state index contributed by atoms with van der Waals surface area (Å²) in [4.78, 5) is 10.9. The van der Waals surface area contributed by atoms with E-state index >= 15 is 0 Å². The summed E-state index contributed by atoms with van der Waals surface area (Å²) in [6.07, 6.45) is 0.621. The summed E-state index contributed by atoms with van der Waals surface area (Å²) in [5.41, 5.74) is 0. The molecular formula is C8H10N2O2. The molecule has 0 N–H and O–H groups in total. The zero-order valence-electron chi connectivity index (χ0n) is 6.91. The molecule has 0 aliphatic heterocycles. The van der Waals surface area contributed by atoms with Crippen LogP contribution in [0.4, 0.5) is 0 Å². The van der Waals surface area contributed by atoms with Gasteiger partial charge in [0.05, 0.1) is 18.6 Å². The normalized spacial score (nSPS) is 10.9. The number of carbonyl (C=O) groups excluding carboxylic acids is 1. The number of esters is 1. The van der Waals surface area contributed by atoms with Crippen molar-refractivity contribution in [2.45, 2.75) is 19.8 Å². The molecule has 0 saturated heterocycles. The van der Waals surface area contributed by atoms with E-state index < -0.39 is 11.9 Å². The van der Waals surface area contributed by atoms with Gasteiger partial charge in [0.2, 0.25) is 0 Å². The van der Waals surface area contributed by atoms with Crippen molar-refractivity contribution in [3.8, 4) is 12.1 Å². The molecule has 0 spiro atoms. The maximum Gasteiger partial charge on any atom is 0.323 e. The number of ether oxygens (including phenoxy) is 1. The third-order valence-electron chi connectivity index (χ3n) is 1.31. The van der Waals surface area contributed by atoms with Crippen LogP contribution in [-0.4, -0.2) is 12.6 Å². The first-order valence-corrected chi connectivity index (χ1v) is 3.69. The minimum atomic E-state index is -0.691. The topological polar surface area (TPSA) is 73.9 Å². The van der Waals surface area contributed by atoms with Gasteiger partial charge in [-0.1, -0.05) is 6.92 Å². The predicted octanol–water partition coefficient (Wildman–Crippen LogP) is 0.993. The molecule has 0 bridgehead atoms. The third kappa shape index (κ3) is 3.58. The van der Waals surface area contributed by atoms with E-state index in [0.29, 0.717) is 6.42 Å². The van der Waals surface area contributed by atoms with Crippen LogP contribution in [0.1, 0.15) is 19.8 Å². The number of rotatable bonds is 4. The number of nitrogens with zero attached hydrogens (tertiary/aromatic N) is 2. The summed E-state index contributed by atoms with van der Waals surface area (Å²) in [5.74, 6) is -1.22. The summed E-state index contributed by atoms with van der Waals surface area (Å²) in [7, 11) is 0. The fraction of sp³-hybridized carbons (Fsp3) is 0.625. The second-order valence-electron chi connectivity index (χ2n) is 2.17. The van der Waals surface area contributed by atoms with Gasteiger partial charge in [0.1, 0.15) is 12.5 Å². The van der Waals surface area contributed by atoms with Gasteiger partial charge in [-0.25, -0.2) is 0 Å². The Kier molecular flexibility index (Phi) is 5.38. The predicted molar refractivity (Wildman–Crippen MR) is 40.6 cm³/mol. The molecule has 0 aliphatic rings. The average molecular weight is 166 g/mol. The number of hydrogen-bond acceptors (Lipinski definition) is 4. The summed E-state index contributed by atoms with van der Waals surface area (Å²) in [5, 5.41) is 16.6. The Labute approximate surface area is 71.4 Å². The van der Waals surface area contributed by atoms with Crippen LogP contribution in [0.5, 0.6) is 0 Å². The summed E-state index contributed by atoms with van der Waals surface area (Å²) >= 11 is 0. The lowest BCUT2D eigenvalue weighted by Crippen LogP contribution is -2.15. The summed E-state index contributed by atoms with van der Waals surface area (Å²) < 4.78 is 4.64. The van der Waals surface area contributed by atoms with Crippen molar-refractivity contribution in [2.24, 2.45) is 5.92 Å². The molecule has 4 heteroatoms. The first-order chi connectivity index (χ1) is 5.76. The van der Waals surface area contributed by atoms with Crippen molar-refractivity contribution in [1.82, 2.24) is 0 Å². The highest BCUT2D eigenvalue weighted by molar-refractivity contribution is 5.75. The lowest BCUT2D eigenvalue weighted by Gasteiger charge is -2.04. The van der Waals surface area contributed by atoms with Gasteiger partial charge in [-0.2, -0.15) is 10.5 Å². The minimum absolute atomic E-state index is 0.0769. The molecule has 4 nitrogen and oxygen atoms in total. The molecular weight excluding hydrogens is 156 g/mol. The van der Waals surface area contributed by atoms with E-state index in [1.165, 1.54) is 0 Å². The zero-order chi connectivity index (χ0) is 9.40. The summed E-state index contributed by atoms with van der Waals surface area (Å²) in [6, 6.07) is 3.66. The van der Waals surface area contributed by atoms with Gasteiger partial charge >= 0.3 is 5.97 Å². The van der Waals surface area contributed by atoms with Crippen LogP contribution < -0.4 is 0 Å². The molecule has 0 aromatic carbocycles. The molecule has 0 aromatic rings. The first kappa shape index (κ1) is 10.4.